The molecular weight excluding hydrogens is 324 g/mol. The third-order valence-corrected chi connectivity index (χ3v) is 4.72. The van der Waals surface area contributed by atoms with Crippen LogP contribution in [0, 0.1) is 20.8 Å². The lowest BCUT2D eigenvalue weighted by Crippen LogP contribution is -2.28. The first-order valence-electron chi connectivity index (χ1n) is 8.90. The highest BCUT2D eigenvalue weighted by atomic mass is 16.2. The summed E-state index contributed by atoms with van der Waals surface area (Å²) in [4.78, 5) is 25.2. The van der Waals surface area contributed by atoms with E-state index >= 15 is 0 Å². The predicted octanol–water partition coefficient (Wildman–Crippen LogP) is 4.13. The fraction of sp³-hybridized carbons (Fsp3) is 0.273. The second-order valence-electron chi connectivity index (χ2n) is 6.79. The average Bonchev–Trinajstić information content (AvgIpc) is 2.59. The Hall–Kier alpha value is -2.88. The summed E-state index contributed by atoms with van der Waals surface area (Å²) in [6, 6.07) is 13.5. The van der Waals surface area contributed by atoms with E-state index in [1.54, 1.807) is 10.6 Å². The summed E-state index contributed by atoms with van der Waals surface area (Å²) >= 11 is 0. The number of benzene rings is 2. The van der Waals surface area contributed by atoms with E-state index in [1.165, 1.54) is 0 Å². The van der Waals surface area contributed by atoms with Crippen molar-refractivity contribution in [2.24, 2.45) is 0 Å². The number of carbonyl (C=O) groups excluding carboxylic acids is 1. The van der Waals surface area contributed by atoms with E-state index in [0.29, 0.717) is 0 Å². The smallest absolute Gasteiger partial charge is 0.251 e. The Morgan fingerprint density at radius 3 is 2.50 bits per heavy atom. The first kappa shape index (κ1) is 17.9. The minimum Gasteiger partial charge on any atom is -0.324 e. The van der Waals surface area contributed by atoms with Gasteiger partial charge in [0.25, 0.3) is 5.56 Å². The fourth-order valence-corrected chi connectivity index (χ4v) is 3.51. The molecule has 0 aliphatic rings. The molecule has 1 aromatic heterocycles. The van der Waals surface area contributed by atoms with E-state index in [4.69, 9.17) is 0 Å². The van der Waals surface area contributed by atoms with Crippen LogP contribution < -0.4 is 10.9 Å². The molecule has 4 heteroatoms. The van der Waals surface area contributed by atoms with Gasteiger partial charge in [-0.25, -0.2) is 0 Å². The SMILES string of the molecule is CCc1ccccc1NC(=O)Cn1c(=O)cc(C)c2cc(C)cc(C)c21. The number of hydrogen-bond donors (Lipinski definition) is 1. The highest BCUT2D eigenvalue weighted by Gasteiger charge is 2.13. The number of carbonyl (C=O) groups is 1. The van der Waals surface area contributed by atoms with Crippen LogP contribution in [-0.4, -0.2) is 10.5 Å². The number of nitrogens with one attached hydrogen (secondary N) is 1. The van der Waals surface area contributed by atoms with E-state index < -0.39 is 0 Å². The summed E-state index contributed by atoms with van der Waals surface area (Å²) in [6.45, 7) is 8.00. The largest absolute Gasteiger partial charge is 0.324 e. The molecule has 2 aromatic carbocycles. The first-order chi connectivity index (χ1) is 12.4. The minimum atomic E-state index is -0.196. The molecular formula is C22H24N2O2. The molecule has 1 amide bonds. The van der Waals surface area contributed by atoms with Gasteiger partial charge < -0.3 is 5.32 Å². The quantitative estimate of drug-likeness (QED) is 0.771. The molecule has 3 rings (SSSR count). The number of nitrogens with zero attached hydrogens (tertiary/aromatic N) is 1. The van der Waals surface area contributed by atoms with Crippen LogP contribution in [0.2, 0.25) is 0 Å². The summed E-state index contributed by atoms with van der Waals surface area (Å²) in [7, 11) is 0. The normalized spacial score (nSPS) is 10.9. The van der Waals surface area contributed by atoms with Crippen molar-refractivity contribution in [2.75, 3.05) is 5.32 Å². The van der Waals surface area contributed by atoms with Gasteiger partial charge in [0.1, 0.15) is 6.54 Å². The Morgan fingerprint density at radius 1 is 1.04 bits per heavy atom. The summed E-state index contributed by atoms with van der Waals surface area (Å²) in [5.41, 5.74) is 5.64. The number of aryl methyl sites for hydroxylation is 4. The van der Waals surface area contributed by atoms with Gasteiger partial charge in [0.05, 0.1) is 5.52 Å². The summed E-state index contributed by atoms with van der Waals surface area (Å²) in [5.74, 6) is -0.196. The molecule has 0 bridgehead atoms. The molecule has 1 heterocycles. The zero-order valence-corrected chi connectivity index (χ0v) is 15.7. The van der Waals surface area contributed by atoms with Gasteiger partial charge in [-0.1, -0.05) is 36.8 Å². The van der Waals surface area contributed by atoms with Gasteiger partial charge in [-0.05, 0) is 56.0 Å². The maximum absolute atomic E-state index is 12.6. The van der Waals surface area contributed by atoms with Crippen molar-refractivity contribution in [3.63, 3.8) is 0 Å². The second kappa shape index (κ2) is 7.16. The molecule has 0 saturated heterocycles. The number of pyridine rings is 1. The van der Waals surface area contributed by atoms with Crippen molar-refractivity contribution >= 4 is 22.5 Å². The van der Waals surface area contributed by atoms with Crippen LogP contribution >= 0.6 is 0 Å². The monoisotopic (exact) mass is 348 g/mol. The van der Waals surface area contributed by atoms with Crippen LogP contribution in [0.15, 0.2) is 47.3 Å². The lowest BCUT2D eigenvalue weighted by Gasteiger charge is -2.16. The van der Waals surface area contributed by atoms with Crippen molar-refractivity contribution in [3.8, 4) is 0 Å². The molecule has 0 radical (unpaired) electrons. The van der Waals surface area contributed by atoms with E-state index in [1.807, 2.05) is 51.1 Å². The van der Waals surface area contributed by atoms with Crippen LogP contribution in [0.3, 0.4) is 0 Å². The number of rotatable bonds is 4. The predicted molar refractivity (Wildman–Crippen MR) is 107 cm³/mol. The number of anilines is 1. The topological polar surface area (TPSA) is 51.1 Å². The lowest BCUT2D eigenvalue weighted by molar-refractivity contribution is -0.116. The molecule has 0 spiro atoms. The van der Waals surface area contributed by atoms with Crippen LogP contribution in [0.1, 0.15) is 29.2 Å². The van der Waals surface area contributed by atoms with Gasteiger partial charge in [0.2, 0.25) is 5.91 Å². The molecule has 3 aromatic rings. The summed E-state index contributed by atoms with van der Waals surface area (Å²) in [6.07, 6.45) is 0.836. The molecule has 1 N–H and O–H groups in total. The zero-order valence-electron chi connectivity index (χ0n) is 15.7. The van der Waals surface area contributed by atoms with Crippen LogP contribution in [0.4, 0.5) is 5.69 Å². The van der Waals surface area contributed by atoms with Crippen molar-refractivity contribution in [1.82, 2.24) is 4.57 Å². The van der Waals surface area contributed by atoms with Crippen LogP contribution in [0.25, 0.3) is 10.9 Å². The Bertz CT molecular complexity index is 1050. The number of fused-ring (bicyclic) bond motifs is 1. The highest BCUT2D eigenvalue weighted by molar-refractivity contribution is 5.93. The van der Waals surface area contributed by atoms with Crippen molar-refractivity contribution in [1.29, 1.82) is 0 Å². The Morgan fingerprint density at radius 2 is 1.77 bits per heavy atom. The first-order valence-corrected chi connectivity index (χ1v) is 8.90. The van der Waals surface area contributed by atoms with E-state index in [9.17, 15) is 9.59 Å². The lowest BCUT2D eigenvalue weighted by atomic mass is 10.0. The van der Waals surface area contributed by atoms with Crippen molar-refractivity contribution in [3.05, 3.63) is 75.1 Å². The Kier molecular flexibility index (Phi) is 4.94. The minimum absolute atomic E-state index is 0.00242. The summed E-state index contributed by atoms with van der Waals surface area (Å²) in [5, 5.41) is 3.97. The Balaban J connectivity index is 2.01. The molecule has 4 nitrogen and oxygen atoms in total. The molecule has 0 saturated carbocycles. The Labute approximate surface area is 153 Å². The summed E-state index contributed by atoms with van der Waals surface area (Å²) < 4.78 is 1.57. The third-order valence-electron chi connectivity index (χ3n) is 4.72. The maximum Gasteiger partial charge on any atom is 0.251 e. The molecule has 134 valence electrons. The van der Waals surface area contributed by atoms with Crippen molar-refractivity contribution in [2.45, 2.75) is 40.7 Å². The average molecular weight is 348 g/mol. The molecule has 26 heavy (non-hydrogen) atoms. The molecule has 0 fully saturated rings. The zero-order chi connectivity index (χ0) is 18.8. The standard InChI is InChI=1S/C22H24N2O2/c1-5-17-8-6-7-9-19(17)23-20(25)13-24-21(26)12-15(3)18-11-14(2)10-16(4)22(18)24/h6-12H,5,13H2,1-4H3,(H,23,25). The van der Waals surface area contributed by atoms with E-state index in [2.05, 4.69) is 18.3 Å². The molecule has 0 unspecified atom stereocenters. The van der Waals surface area contributed by atoms with Crippen LogP contribution in [-0.2, 0) is 17.8 Å². The third kappa shape index (κ3) is 3.40. The van der Waals surface area contributed by atoms with Gasteiger partial charge in [0, 0.05) is 17.1 Å². The molecule has 0 atom stereocenters. The van der Waals surface area contributed by atoms with E-state index in [0.717, 1.165) is 45.3 Å². The second-order valence-corrected chi connectivity index (χ2v) is 6.79. The van der Waals surface area contributed by atoms with Gasteiger partial charge in [-0.2, -0.15) is 0 Å². The molecule has 0 aliphatic carbocycles. The van der Waals surface area contributed by atoms with E-state index in [-0.39, 0.29) is 18.0 Å². The van der Waals surface area contributed by atoms with Gasteiger partial charge >= 0.3 is 0 Å². The van der Waals surface area contributed by atoms with Crippen LogP contribution in [0.5, 0.6) is 0 Å². The highest BCUT2D eigenvalue weighted by Crippen LogP contribution is 2.22. The van der Waals surface area contributed by atoms with Crippen molar-refractivity contribution < 1.29 is 4.79 Å². The maximum atomic E-state index is 12.6. The number of aromatic nitrogens is 1. The number of para-hydroxylation sites is 1. The molecule has 0 aliphatic heterocycles. The van der Waals surface area contributed by atoms with Gasteiger partial charge in [-0.3, -0.25) is 14.2 Å². The fourth-order valence-electron chi connectivity index (χ4n) is 3.51. The number of hydrogen-bond acceptors (Lipinski definition) is 2. The van der Waals surface area contributed by atoms with Gasteiger partial charge in [0.15, 0.2) is 0 Å². The van der Waals surface area contributed by atoms with Gasteiger partial charge in [-0.15, -0.1) is 0 Å². The number of amides is 1.